The molecule has 2 aliphatic heterocycles. The number of hydrogen-bond donors (Lipinski definition) is 0. The first-order chi connectivity index (χ1) is 15.4. The Bertz CT molecular complexity index is 1260. The maximum atomic E-state index is 14.6. The molecule has 0 fully saturated rings. The van der Waals surface area contributed by atoms with E-state index in [4.69, 9.17) is 25.8 Å². The molecule has 0 saturated heterocycles. The Kier molecular flexibility index (Phi) is 5.13. The summed E-state index contributed by atoms with van der Waals surface area (Å²) < 4.78 is 47.4. The van der Waals surface area contributed by atoms with Crippen LogP contribution in [0, 0.1) is 18.6 Å². The first-order valence-electron chi connectivity index (χ1n) is 9.98. The van der Waals surface area contributed by atoms with Crippen LogP contribution in [-0.2, 0) is 13.2 Å². The van der Waals surface area contributed by atoms with E-state index in [2.05, 4.69) is 4.98 Å². The van der Waals surface area contributed by atoms with Gasteiger partial charge in [0.05, 0.1) is 6.54 Å². The lowest BCUT2D eigenvalue weighted by molar-refractivity contribution is 0.245. The van der Waals surface area contributed by atoms with Crippen molar-refractivity contribution in [1.82, 2.24) is 9.55 Å². The number of rotatable bonds is 5. The van der Waals surface area contributed by atoms with Crippen LogP contribution < -0.4 is 24.8 Å². The second kappa shape index (κ2) is 7.98. The largest absolute Gasteiger partial charge is 0.483 e. The van der Waals surface area contributed by atoms with E-state index in [-0.39, 0.29) is 23.8 Å². The normalized spacial score (nSPS) is 14.2. The molecular weight excluding hydrogens is 444 g/mol. The van der Waals surface area contributed by atoms with Crippen molar-refractivity contribution in [3.63, 3.8) is 0 Å². The fraction of sp³-hybridized carbons (Fsp3) is 0.273. The summed E-state index contributed by atoms with van der Waals surface area (Å²) in [5.74, 6) is -1.04. The predicted molar refractivity (Wildman–Crippen MR) is 113 cm³/mol. The fourth-order valence-electron chi connectivity index (χ4n) is 3.79. The summed E-state index contributed by atoms with van der Waals surface area (Å²) >= 11 is 5.97. The van der Waals surface area contributed by atoms with Gasteiger partial charge in [0.2, 0.25) is 5.75 Å². The average molecular weight is 462 g/mol. The molecule has 0 spiro atoms. The van der Waals surface area contributed by atoms with Crippen molar-refractivity contribution in [2.24, 2.45) is 0 Å². The highest BCUT2D eigenvalue weighted by atomic mass is 35.5. The molecule has 0 radical (unpaired) electrons. The van der Waals surface area contributed by atoms with Crippen LogP contribution in [0.1, 0.15) is 11.1 Å². The number of aryl methyl sites for hydroxylation is 1. The van der Waals surface area contributed by atoms with Gasteiger partial charge in [-0.15, -0.1) is 0 Å². The molecule has 2 aromatic carbocycles. The smallest absolute Gasteiger partial charge is 0.352 e. The predicted octanol–water partition coefficient (Wildman–Crippen LogP) is 4.07. The van der Waals surface area contributed by atoms with E-state index in [9.17, 15) is 13.6 Å². The standard InChI is InChI=1S/C22H18ClF2N3O4/c1-12-8-14(2-3-15(12)23)32-18-16(24)9-13(10-17(18)25)11-31-20-19-21-27(6-7-30-19)4-5-28(21)22(29)26-20/h2-3,8-10H,4-7,11H2,1H3. The summed E-state index contributed by atoms with van der Waals surface area (Å²) in [4.78, 5) is 18.3. The summed E-state index contributed by atoms with van der Waals surface area (Å²) in [6.45, 7) is 3.88. The van der Waals surface area contributed by atoms with Crippen molar-refractivity contribution >= 4 is 17.4 Å². The lowest BCUT2D eigenvalue weighted by Gasteiger charge is -2.27. The minimum atomic E-state index is -0.887. The Morgan fingerprint density at radius 2 is 1.94 bits per heavy atom. The molecule has 10 heteroatoms. The van der Waals surface area contributed by atoms with E-state index >= 15 is 0 Å². The van der Waals surface area contributed by atoms with Crippen molar-refractivity contribution in [1.29, 1.82) is 0 Å². The fourth-order valence-corrected chi connectivity index (χ4v) is 3.91. The number of benzene rings is 2. The lowest BCUT2D eigenvalue weighted by Crippen LogP contribution is -2.32. The van der Waals surface area contributed by atoms with E-state index in [1.807, 2.05) is 4.90 Å². The summed E-state index contributed by atoms with van der Waals surface area (Å²) in [7, 11) is 0. The van der Waals surface area contributed by atoms with Gasteiger partial charge in [-0.3, -0.25) is 4.57 Å². The van der Waals surface area contributed by atoms with Gasteiger partial charge in [0.15, 0.2) is 23.2 Å². The van der Waals surface area contributed by atoms with Crippen molar-refractivity contribution in [3.05, 3.63) is 68.6 Å². The molecule has 3 heterocycles. The zero-order valence-electron chi connectivity index (χ0n) is 17.0. The second-order valence-corrected chi connectivity index (χ2v) is 7.94. The van der Waals surface area contributed by atoms with Gasteiger partial charge in [0.1, 0.15) is 19.0 Å². The number of ether oxygens (including phenoxy) is 3. The van der Waals surface area contributed by atoms with Gasteiger partial charge in [-0.25, -0.2) is 13.6 Å². The molecule has 2 aliphatic rings. The molecule has 0 unspecified atom stereocenters. The Hall–Kier alpha value is -3.33. The third-order valence-corrected chi connectivity index (χ3v) is 5.79. The van der Waals surface area contributed by atoms with Crippen LogP contribution in [0.4, 0.5) is 14.6 Å². The van der Waals surface area contributed by atoms with E-state index in [0.29, 0.717) is 42.8 Å². The number of hydrogen-bond acceptors (Lipinski definition) is 6. The molecule has 0 amide bonds. The molecule has 7 nitrogen and oxygen atoms in total. The Labute approximate surface area is 186 Å². The summed E-state index contributed by atoms with van der Waals surface area (Å²) in [6, 6.07) is 6.93. The van der Waals surface area contributed by atoms with Crippen LogP contribution in [0.15, 0.2) is 35.1 Å². The third-order valence-electron chi connectivity index (χ3n) is 5.36. The molecule has 0 saturated carbocycles. The van der Waals surface area contributed by atoms with E-state index in [0.717, 1.165) is 17.7 Å². The molecule has 5 rings (SSSR count). The van der Waals surface area contributed by atoms with Gasteiger partial charge >= 0.3 is 5.69 Å². The lowest BCUT2D eigenvalue weighted by atomic mass is 10.2. The van der Waals surface area contributed by atoms with Gasteiger partial charge in [-0.1, -0.05) is 11.6 Å². The Morgan fingerprint density at radius 3 is 2.69 bits per heavy atom. The van der Waals surface area contributed by atoms with Gasteiger partial charge < -0.3 is 19.1 Å². The maximum Gasteiger partial charge on any atom is 0.352 e. The van der Waals surface area contributed by atoms with Gasteiger partial charge in [-0.05, 0) is 48.4 Å². The van der Waals surface area contributed by atoms with Crippen LogP contribution in [0.2, 0.25) is 5.02 Å². The number of halogens is 3. The molecule has 1 aromatic heterocycles. The summed E-state index contributed by atoms with van der Waals surface area (Å²) in [5, 5.41) is 0.525. The van der Waals surface area contributed by atoms with E-state index < -0.39 is 23.1 Å². The van der Waals surface area contributed by atoms with E-state index in [1.54, 1.807) is 19.1 Å². The maximum absolute atomic E-state index is 14.6. The molecule has 3 aromatic rings. The monoisotopic (exact) mass is 461 g/mol. The topological polar surface area (TPSA) is 65.8 Å². The molecule has 0 bridgehead atoms. The SMILES string of the molecule is Cc1cc(Oc2c(F)cc(COc3nc(=O)n4c5c3OCCN5CC4)cc2F)ccc1Cl. The highest BCUT2D eigenvalue weighted by Gasteiger charge is 2.32. The second-order valence-electron chi connectivity index (χ2n) is 7.53. The summed E-state index contributed by atoms with van der Waals surface area (Å²) in [5.41, 5.74) is 0.477. The number of nitrogens with zero attached hydrogens (tertiary/aromatic N) is 3. The molecular formula is C22H18ClF2N3O4. The van der Waals surface area contributed by atoms with Gasteiger partial charge in [0.25, 0.3) is 5.88 Å². The number of aromatic nitrogens is 2. The molecule has 32 heavy (non-hydrogen) atoms. The molecule has 0 N–H and O–H groups in total. The third kappa shape index (κ3) is 3.62. The minimum absolute atomic E-state index is 0.00522. The van der Waals surface area contributed by atoms with Crippen LogP contribution in [0.25, 0.3) is 0 Å². The first-order valence-corrected chi connectivity index (χ1v) is 10.4. The minimum Gasteiger partial charge on any atom is -0.483 e. The molecule has 166 valence electrons. The van der Waals surface area contributed by atoms with Crippen molar-refractivity contribution in [3.8, 4) is 23.1 Å². The van der Waals surface area contributed by atoms with Crippen LogP contribution in [0.5, 0.6) is 23.1 Å². The highest BCUT2D eigenvalue weighted by Crippen LogP contribution is 2.40. The summed E-state index contributed by atoms with van der Waals surface area (Å²) in [6.07, 6.45) is 0. The zero-order chi connectivity index (χ0) is 22.4. The quantitative estimate of drug-likeness (QED) is 0.571. The van der Waals surface area contributed by atoms with Crippen LogP contribution >= 0.6 is 11.6 Å². The van der Waals surface area contributed by atoms with E-state index in [1.165, 1.54) is 10.6 Å². The molecule has 0 aliphatic carbocycles. The van der Waals surface area contributed by atoms with Gasteiger partial charge in [-0.2, -0.15) is 4.98 Å². The van der Waals surface area contributed by atoms with Crippen molar-refractivity contribution in [2.45, 2.75) is 20.1 Å². The average Bonchev–Trinajstić information content (AvgIpc) is 3.20. The van der Waals surface area contributed by atoms with Crippen LogP contribution in [0.3, 0.4) is 0 Å². The Balaban J connectivity index is 1.37. The zero-order valence-corrected chi connectivity index (χ0v) is 17.8. The van der Waals surface area contributed by atoms with Crippen molar-refractivity contribution < 1.29 is 23.0 Å². The van der Waals surface area contributed by atoms with Gasteiger partial charge in [0, 0.05) is 18.1 Å². The highest BCUT2D eigenvalue weighted by molar-refractivity contribution is 6.31. The molecule has 0 atom stereocenters. The van der Waals surface area contributed by atoms with Crippen LogP contribution in [-0.4, -0.2) is 29.2 Å². The Morgan fingerprint density at radius 1 is 1.16 bits per heavy atom. The number of anilines is 1. The first kappa shape index (κ1) is 20.6. The van der Waals surface area contributed by atoms with Crippen molar-refractivity contribution in [2.75, 3.05) is 24.6 Å².